The second kappa shape index (κ2) is 7.24. The molecule has 3 heterocycles. The van der Waals surface area contributed by atoms with Gasteiger partial charge in [0.05, 0.1) is 22.2 Å². The minimum absolute atomic E-state index is 1.19. The molecule has 2 heteroatoms. The van der Waals surface area contributed by atoms with Gasteiger partial charge in [0.2, 0.25) is 0 Å². The summed E-state index contributed by atoms with van der Waals surface area (Å²) >= 11 is 0. The summed E-state index contributed by atoms with van der Waals surface area (Å²) in [4.78, 5) is 0. The van der Waals surface area contributed by atoms with E-state index in [-0.39, 0.29) is 0 Å². The predicted octanol–water partition coefficient (Wildman–Crippen LogP) is 9.60. The monoisotopic (exact) mass is 482 g/mol. The van der Waals surface area contributed by atoms with Gasteiger partial charge in [0.25, 0.3) is 0 Å². The molecule has 9 rings (SSSR count). The summed E-state index contributed by atoms with van der Waals surface area (Å²) in [5.41, 5.74) is 8.66. The van der Waals surface area contributed by atoms with Crippen molar-refractivity contribution >= 4 is 59.9 Å². The highest BCUT2D eigenvalue weighted by molar-refractivity contribution is 6.34. The van der Waals surface area contributed by atoms with Crippen molar-refractivity contribution in [3.8, 4) is 16.8 Å². The van der Waals surface area contributed by atoms with Gasteiger partial charge in [-0.3, -0.25) is 8.97 Å². The van der Waals surface area contributed by atoms with E-state index in [9.17, 15) is 0 Å². The Hall–Kier alpha value is -5.08. The Morgan fingerprint density at radius 3 is 1.92 bits per heavy atom. The first kappa shape index (κ1) is 20.0. The van der Waals surface area contributed by atoms with E-state index in [0.29, 0.717) is 0 Å². The van der Waals surface area contributed by atoms with Crippen molar-refractivity contribution in [3.63, 3.8) is 0 Å². The molecule has 6 aromatic carbocycles. The number of fused-ring (bicyclic) bond motifs is 10. The van der Waals surface area contributed by atoms with Crippen molar-refractivity contribution in [2.24, 2.45) is 0 Å². The van der Waals surface area contributed by atoms with Gasteiger partial charge in [0.15, 0.2) is 0 Å². The van der Waals surface area contributed by atoms with Crippen LogP contribution in [0.25, 0.3) is 76.7 Å². The molecule has 2 nitrogen and oxygen atoms in total. The fourth-order valence-corrected chi connectivity index (χ4v) is 6.73. The topological polar surface area (TPSA) is 9.34 Å². The molecule has 0 atom stereocenters. The van der Waals surface area contributed by atoms with Crippen LogP contribution in [0.15, 0.2) is 133 Å². The van der Waals surface area contributed by atoms with E-state index in [2.05, 4.69) is 142 Å². The van der Waals surface area contributed by atoms with Crippen molar-refractivity contribution in [2.45, 2.75) is 0 Å². The van der Waals surface area contributed by atoms with E-state index in [1.54, 1.807) is 0 Å². The van der Waals surface area contributed by atoms with Gasteiger partial charge in [-0.25, -0.2) is 0 Å². The number of para-hydroxylation sites is 3. The van der Waals surface area contributed by atoms with Crippen LogP contribution in [0.5, 0.6) is 0 Å². The third kappa shape index (κ3) is 2.42. The average Bonchev–Trinajstić information content (AvgIpc) is 3.61. The number of rotatable bonds is 2. The van der Waals surface area contributed by atoms with Crippen LogP contribution in [-0.4, -0.2) is 8.97 Å². The van der Waals surface area contributed by atoms with Gasteiger partial charge in [-0.1, -0.05) is 109 Å². The molecule has 176 valence electrons. The predicted molar refractivity (Wildman–Crippen MR) is 161 cm³/mol. The van der Waals surface area contributed by atoms with E-state index in [1.165, 1.54) is 76.7 Å². The molecule has 0 saturated heterocycles. The van der Waals surface area contributed by atoms with E-state index < -0.39 is 0 Å². The molecule has 0 N–H and O–H groups in total. The smallest absolute Gasteiger partial charge is 0.131 e. The largest absolute Gasteiger partial charge is 0.294 e. The highest BCUT2D eigenvalue weighted by Gasteiger charge is 2.25. The summed E-state index contributed by atoms with van der Waals surface area (Å²) in [5, 5.41) is 9.17. The minimum atomic E-state index is 1.19. The summed E-state index contributed by atoms with van der Waals surface area (Å²) in [6.07, 6.45) is 0. The molecule has 0 radical (unpaired) electrons. The second-order valence-corrected chi connectivity index (χ2v) is 10.2. The first-order valence-electron chi connectivity index (χ1n) is 13.1. The molecule has 0 aliphatic carbocycles. The number of aromatic nitrogens is 2. The van der Waals surface area contributed by atoms with Crippen molar-refractivity contribution in [2.75, 3.05) is 0 Å². The minimum Gasteiger partial charge on any atom is -0.294 e. The number of nitrogens with zero attached hydrogens (tertiary/aromatic N) is 2. The fourth-order valence-electron chi connectivity index (χ4n) is 6.73. The molecule has 0 saturated carbocycles. The molecule has 0 aliphatic heterocycles. The van der Waals surface area contributed by atoms with Crippen LogP contribution < -0.4 is 0 Å². The van der Waals surface area contributed by atoms with Crippen LogP contribution in [0.2, 0.25) is 0 Å². The molecular weight excluding hydrogens is 460 g/mol. The van der Waals surface area contributed by atoms with E-state index in [0.717, 1.165) is 0 Å². The normalized spacial score (nSPS) is 12.2. The number of hydrogen-bond donors (Lipinski definition) is 0. The summed E-state index contributed by atoms with van der Waals surface area (Å²) in [6, 6.07) is 48.5. The molecule has 0 amide bonds. The Bertz CT molecular complexity index is 2330. The molecule has 0 fully saturated rings. The second-order valence-electron chi connectivity index (χ2n) is 10.2. The quantitative estimate of drug-likeness (QED) is 0.232. The van der Waals surface area contributed by atoms with Gasteiger partial charge in [-0.05, 0) is 40.6 Å². The lowest BCUT2D eigenvalue weighted by atomic mass is 10.00. The van der Waals surface area contributed by atoms with Gasteiger partial charge in [0, 0.05) is 32.5 Å². The Morgan fingerprint density at radius 1 is 0.447 bits per heavy atom. The SMILES string of the molecule is c1ccc(-c2ccccc2-n2c3ccccc3c3c4cc5ccccc5c5c6ccccc6n(c45)c32)cc1. The van der Waals surface area contributed by atoms with Gasteiger partial charge in [-0.2, -0.15) is 0 Å². The summed E-state index contributed by atoms with van der Waals surface area (Å²) in [6.45, 7) is 0. The standard InChI is InChI=1S/C36H22N2/c1-2-12-23(13-3-1)25-15-6-9-19-30(25)37-31-20-10-8-18-28(31)34-29-22-24-14-4-5-16-26(24)33-27-17-7-11-21-32(27)38(35(29)33)36(34)37/h1-22H. The van der Waals surface area contributed by atoms with Gasteiger partial charge >= 0.3 is 0 Å². The van der Waals surface area contributed by atoms with E-state index in [4.69, 9.17) is 0 Å². The van der Waals surface area contributed by atoms with Crippen molar-refractivity contribution < 1.29 is 0 Å². The molecular formula is C36H22N2. The van der Waals surface area contributed by atoms with E-state index >= 15 is 0 Å². The highest BCUT2D eigenvalue weighted by atomic mass is 15.1. The molecule has 0 aliphatic rings. The van der Waals surface area contributed by atoms with Crippen LogP contribution in [-0.2, 0) is 0 Å². The van der Waals surface area contributed by atoms with Crippen molar-refractivity contribution in [1.82, 2.24) is 8.97 Å². The molecule has 0 bridgehead atoms. The maximum Gasteiger partial charge on any atom is 0.131 e. The fraction of sp³-hybridized carbons (Fsp3) is 0. The molecule has 9 aromatic rings. The van der Waals surface area contributed by atoms with Crippen LogP contribution in [0.4, 0.5) is 0 Å². The van der Waals surface area contributed by atoms with Gasteiger partial charge in [0.1, 0.15) is 5.65 Å². The maximum absolute atomic E-state index is 2.52. The first-order chi connectivity index (χ1) is 18.9. The average molecular weight is 483 g/mol. The maximum atomic E-state index is 2.52. The van der Waals surface area contributed by atoms with Crippen LogP contribution >= 0.6 is 0 Å². The zero-order valence-corrected chi connectivity index (χ0v) is 20.6. The summed E-state index contributed by atoms with van der Waals surface area (Å²) < 4.78 is 5.01. The lowest BCUT2D eigenvalue weighted by Gasteiger charge is -2.14. The Morgan fingerprint density at radius 2 is 1.08 bits per heavy atom. The Labute approximate surface area is 218 Å². The van der Waals surface area contributed by atoms with Crippen LogP contribution in [0, 0.1) is 0 Å². The number of hydrogen-bond acceptors (Lipinski definition) is 0. The zero-order valence-electron chi connectivity index (χ0n) is 20.6. The van der Waals surface area contributed by atoms with Gasteiger partial charge < -0.3 is 0 Å². The molecule has 0 spiro atoms. The van der Waals surface area contributed by atoms with Crippen molar-refractivity contribution in [3.05, 3.63) is 133 Å². The summed E-state index contributed by atoms with van der Waals surface area (Å²) in [7, 11) is 0. The Balaban J connectivity index is 1.59. The third-order valence-electron chi connectivity index (χ3n) is 8.22. The third-order valence-corrected chi connectivity index (χ3v) is 8.22. The summed E-state index contributed by atoms with van der Waals surface area (Å²) in [5.74, 6) is 0. The van der Waals surface area contributed by atoms with E-state index in [1.807, 2.05) is 0 Å². The zero-order chi connectivity index (χ0) is 24.8. The van der Waals surface area contributed by atoms with Crippen LogP contribution in [0.3, 0.4) is 0 Å². The van der Waals surface area contributed by atoms with Crippen LogP contribution in [0.1, 0.15) is 0 Å². The van der Waals surface area contributed by atoms with Gasteiger partial charge in [-0.15, -0.1) is 0 Å². The van der Waals surface area contributed by atoms with Crippen molar-refractivity contribution in [1.29, 1.82) is 0 Å². The molecule has 0 unspecified atom stereocenters. The molecule has 3 aromatic heterocycles. The first-order valence-corrected chi connectivity index (χ1v) is 13.1. The highest BCUT2D eigenvalue weighted by Crippen LogP contribution is 2.47. The molecule has 38 heavy (non-hydrogen) atoms. The Kier molecular flexibility index (Phi) is 3.82. The lowest BCUT2D eigenvalue weighted by Crippen LogP contribution is -1.99. The lowest BCUT2D eigenvalue weighted by molar-refractivity contribution is 1.13. The number of benzene rings is 6.